The van der Waals surface area contributed by atoms with Gasteiger partial charge in [0.25, 0.3) is 0 Å². The van der Waals surface area contributed by atoms with Crippen molar-refractivity contribution in [1.82, 2.24) is 19.9 Å². The molecule has 1 aromatic carbocycles. The van der Waals surface area contributed by atoms with Gasteiger partial charge in [-0.1, -0.05) is 24.3 Å². The Morgan fingerprint density at radius 1 is 0.935 bits per heavy atom. The number of pyridine rings is 2. The van der Waals surface area contributed by atoms with Crippen molar-refractivity contribution in [3.8, 4) is 0 Å². The van der Waals surface area contributed by atoms with Crippen molar-refractivity contribution >= 4 is 23.0 Å². The molecule has 1 aliphatic heterocycles. The fourth-order valence-electron chi connectivity index (χ4n) is 4.22. The lowest BCUT2D eigenvalue weighted by Crippen LogP contribution is -2.30. The number of thiocarbonyl (C=S) groups is 1. The smallest absolute Gasteiger partial charge is 0.174 e. The first-order chi connectivity index (χ1) is 15.2. The molecule has 1 saturated heterocycles. The Kier molecular flexibility index (Phi) is 5.22. The van der Waals surface area contributed by atoms with Crippen LogP contribution in [0.25, 0.3) is 0 Å². The van der Waals surface area contributed by atoms with Crippen molar-refractivity contribution in [3.05, 3.63) is 114 Å². The van der Waals surface area contributed by atoms with Gasteiger partial charge in [-0.05, 0) is 73.2 Å². The van der Waals surface area contributed by atoms with Gasteiger partial charge in [-0.25, -0.2) is 0 Å². The molecule has 154 valence electrons. The molecule has 5 nitrogen and oxygen atoms in total. The standard InChI is InChI=1S/C25H23N5S/c1-18-8-6-10-20(16-18)30-24(23(28-25(30)31)21-11-3-5-14-27-21)22-12-7-15-29(22)17-19-9-2-4-13-26-19/h2-16,23-24H,17H2,1H3,(H,28,31)/t23-,24-/m0/s1. The van der Waals surface area contributed by atoms with E-state index in [1.165, 1.54) is 5.56 Å². The van der Waals surface area contributed by atoms with E-state index in [-0.39, 0.29) is 12.1 Å². The summed E-state index contributed by atoms with van der Waals surface area (Å²) in [6.45, 7) is 2.80. The van der Waals surface area contributed by atoms with Gasteiger partial charge in [0, 0.05) is 30.0 Å². The van der Waals surface area contributed by atoms with Crippen molar-refractivity contribution in [2.24, 2.45) is 0 Å². The van der Waals surface area contributed by atoms with E-state index in [1.54, 1.807) is 0 Å². The summed E-state index contributed by atoms with van der Waals surface area (Å²) in [7, 11) is 0. The summed E-state index contributed by atoms with van der Waals surface area (Å²) >= 11 is 5.83. The summed E-state index contributed by atoms with van der Waals surface area (Å²) in [5, 5.41) is 4.24. The number of hydrogen-bond donors (Lipinski definition) is 1. The average Bonchev–Trinajstić information content (AvgIpc) is 3.38. The molecule has 6 heteroatoms. The second-order valence-corrected chi connectivity index (χ2v) is 8.10. The van der Waals surface area contributed by atoms with Crippen molar-refractivity contribution < 1.29 is 0 Å². The molecule has 0 radical (unpaired) electrons. The summed E-state index contributed by atoms with van der Waals surface area (Å²) < 4.78 is 2.25. The molecule has 5 rings (SSSR count). The molecule has 0 spiro atoms. The fraction of sp³-hybridized carbons (Fsp3) is 0.160. The first-order valence-electron chi connectivity index (χ1n) is 10.3. The zero-order valence-electron chi connectivity index (χ0n) is 17.2. The van der Waals surface area contributed by atoms with Crippen molar-refractivity contribution in [1.29, 1.82) is 0 Å². The highest BCUT2D eigenvalue weighted by Crippen LogP contribution is 2.41. The Bertz CT molecular complexity index is 1190. The van der Waals surface area contributed by atoms with Crippen molar-refractivity contribution in [3.63, 3.8) is 0 Å². The van der Waals surface area contributed by atoms with E-state index < -0.39 is 0 Å². The van der Waals surface area contributed by atoms with Crippen LogP contribution in [0.2, 0.25) is 0 Å². The fourth-order valence-corrected chi connectivity index (χ4v) is 4.56. The molecular weight excluding hydrogens is 402 g/mol. The molecule has 1 aliphatic rings. The van der Waals surface area contributed by atoms with E-state index >= 15 is 0 Å². The van der Waals surface area contributed by atoms with Crippen LogP contribution in [-0.4, -0.2) is 19.6 Å². The van der Waals surface area contributed by atoms with Crippen LogP contribution in [0.15, 0.2) is 91.4 Å². The van der Waals surface area contributed by atoms with E-state index in [2.05, 4.69) is 86.4 Å². The normalized spacial score (nSPS) is 18.2. The molecular formula is C25H23N5S. The summed E-state index contributed by atoms with van der Waals surface area (Å²) in [5.74, 6) is 0. The number of anilines is 1. The molecule has 0 saturated carbocycles. The molecule has 0 bridgehead atoms. The Labute approximate surface area is 187 Å². The van der Waals surface area contributed by atoms with Gasteiger partial charge < -0.3 is 14.8 Å². The Hall–Kier alpha value is -3.51. The lowest BCUT2D eigenvalue weighted by Gasteiger charge is -2.29. The number of nitrogens with zero attached hydrogens (tertiary/aromatic N) is 4. The minimum Gasteiger partial charge on any atom is -0.351 e. The van der Waals surface area contributed by atoms with Gasteiger partial charge in [-0.3, -0.25) is 9.97 Å². The van der Waals surface area contributed by atoms with Gasteiger partial charge >= 0.3 is 0 Å². The lowest BCUT2D eigenvalue weighted by molar-refractivity contribution is 0.532. The molecule has 0 amide bonds. The number of hydrogen-bond acceptors (Lipinski definition) is 3. The molecule has 2 atom stereocenters. The summed E-state index contributed by atoms with van der Waals surface area (Å²) in [6.07, 6.45) is 5.77. The second-order valence-electron chi connectivity index (χ2n) is 7.72. The number of nitrogens with one attached hydrogen (secondary N) is 1. The van der Waals surface area contributed by atoms with Gasteiger partial charge in [0.15, 0.2) is 5.11 Å². The molecule has 0 aliphatic carbocycles. The van der Waals surface area contributed by atoms with Crippen molar-refractivity contribution in [2.45, 2.75) is 25.6 Å². The van der Waals surface area contributed by atoms with Gasteiger partial charge in [0.2, 0.25) is 0 Å². The minimum absolute atomic E-state index is 0.0390. The van der Waals surface area contributed by atoms with Crippen LogP contribution in [0.4, 0.5) is 5.69 Å². The monoisotopic (exact) mass is 425 g/mol. The zero-order chi connectivity index (χ0) is 21.2. The highest BCUT2D eigenvalue weighted by atomic mass is 32.1. The summed E-state index contributed by atoms with van der Waals surface area (Å²) in [6, 6.07) is 24.6. The van der Waals surface area contributed by atoms with Crippen LogP contribution in [0.1, 0.15) is 34.7 Å². The molecule has 0 unspecified atom stereocenters. The minimum atomic E-state index is -0.0633. The predicted octanol–water partition coefficient (Wildman–Crippen LogP) is 4.81. The molecule has 1 fully saturated rings. The second kappa shape index (κ2) is 8.32. The van der Waals surface area contributed by atoms with Crippen LogP contribution < -0.4 is 10.2 Å². The van der Waals surface area contributed by atoms with E-state index in [4.69, 9.17) is 12.2 Å². The number of aromatic nitrogens is 3. The third-order valence-electron chi connectivity index (χ3n) is 5.60. The Morgan fingerprint density at radius 2 is 1.77 bits per heavy atom. The van der Waals surface area contributed by atoms with E-state index in [0.29, 0.717) is 11.7 Å². The van der Waals surface area contributed by atoms with E-state index in [0.717, 1.165) is 22.8 Å². The molecule has 31 heavy (non-hydrogen) atoms. The maximum atomic E-state index is 5.83. The Balaban J connectivity index is 1.61. The third kappa shape index (κ3) is 3.82. The number of benzene rings is 1. The highest BCUT2D eigenvalue weighted by Gasteiger charge is 2.42. The predicted molar refractivity (Wildman–Crippen MR) is 127 cm³/mol. The van der Waals surface area contributed by atoms with Crippen LogP contribution in [0.3, 0.4) is 0 Å². The topological polar surface area (TPSA) is 46.0 Å². The van der Waals surface area contributed by atoms with Gasteiger partial charge in [0.05, 0.1) is 24.0 Å². The van der Waals surface area contributed by atoms with Crippen LogP contribution in [0.5, 0.6) is 0 Å². The maximum absolute atomic E-state index is 5.83. The van der Waals surface area contributed by atoms with Gasteiger partial charge in [-0.2, -0.15) is 0 Å². The zero-order valence-corrected chi connectivity index (χ0v) is 18.0. The van der Waals surface area contributed by atoms with E-state index in [1.807, 2.05) is 36.7 Å². The first kappa shape index (κ1) is 19.5. The van der Waals surface area contributed by atoms with Gasteiger partial charge in [0.1, 0.15) is 6.04 Å². The number of aryl methyl sites for hydroxylation is 1. The van der Waals surface area contributed by atoms with E-state index in [9.17, 15) is 0 Å². The largest absolute Gasteiger partial charge is 0.351 e. The lowest BCUT2D eigenvalue weighted by atomic mass is 10.0. The van der Waals surface area contributed by atoms with Crippen LogP contribution >= 0.6 is 12.2 Å². The summed E-state index contributed by atoms with van der Waals surface area (Å²) in [4.78, 5) is 11.4. The van der Waals surface area contributed by atoms with Crippen LogP contribution in [0, 0.1) is 6.92 Å². The number of rotatable bonds is 5. The highest BCUT2D eigenvalue weighted by molar-refractivity contribution is 7.80. The first-order valence-corrected chi connectivity index (χ1v) is 10.7. The van der Waals surface area contributed by atoms with Gasteiger partial charge in [-0.15, -0.1) is 0 Å². The molecule has 3 aromatic heterocycles. The summed E-state index contributed by atoms with van der Waals surface area (Å²) in [5.41, 5.74) is 5.42. The molecule has 1 N–H and O–H groups in total. The average molecular weight is 426 g/mol. The molecule has 4 heterocycles. The van der Waals surface area contributed by atoms with Crippen LogP contribution in [-0.2, 0) is 6.54 Å². The maximum Gasteiger partial charge on any atom is 0.174 e. The SMILES string of the molecule is Cc1cccc(N2C(=S)N[C@@H](c3ccccn3)[C@@H]2c2cccn2Cc2ccccn2)c1. The molecule has 4 aromatic rings. The third-order valence-corrected chi connectivity index (χ3v) is 5.92. The quantitative estimate of drug-likeness (QED) is 0.465. The Morgan fingerprint density at radius 3 is 2.52 bits per heavy atom. The van der Waals surface area contributed by atoms with Crippen molar-refractivity contribution in [2.75, 3.05) is 4.90 Å².